The van der Waals surface area contributed by atoms with Crippen LogP contribution in [0.1, 0.15) is 12.0 Å². The summed E-state index contributed by atoms with van der Waals surface area (Å²) in [7, 11) is 3.92. The number of hydrogen-bond acceptors (Lipinski definition) is 4. The molecule has 0 radical (unpaired) electrons. The first-order valence-electron chi connectivity index (χ1n) is 9.81. The van der Waals surface area contributed by atoms with Crippen LogP contribution in [0.15, 0.2) is 59.7 Å². The molecule has 0 N–H and O–H groups in total. The third kappa shape index (κ3) is 2.86. The number of rotatable bonds is 4. The summed E-state index contributed by atoms with van der Waals surface area (Å²) in [5, 5.41) is 19.6. The van der Waals surface area contributed by atoms with Crippen LogP contribution in [0.4, 0.5) is 0 Å². The van der Waals surface area contributed by atoms with Gasteiger partial charge < -0.3 is 10.0 Å². The molecule has 1 aromatic heterocycles. The molecule has 1 heterocycles. The molecule has 29 heavy (non-hydrogen) atoms. The Morgan fingerprint density at radius 2 is 1.83 bits per heavy atom. The van der Waals surface area contributed by atoms with Crippen LogP contribution in [0.3, 0.4) is 0 Å². The summed E-state index contributed by atoms with van der Waals surface area (Å²) in [6, 6.07) is 18.6. The van der Waals surface area contributed by atoms with Crippen LogP contribution in [0, 0.1) is 6.92 Å². The average Bonchev–Trinajstić information content (AvgIpc) is 3.02. The van der Waals surface area contributed by atoms with Gasteiger partial charge in [-0.1, -0.05) is 36.4 Å². The van der Waals surface area contributed by atoms with Crippen molar-refractivity contribution in [2.45, 2.75) is 13.3 Å². The standard InChI is InChI=1S/C24H22N4O/c1-15-10-11-20-19(14-15)25-23-17-8-4-6-16-7-5-9-18(22(16)17)24(23)28(20)26-21(29)12-13-27(2)3/h4-11,14H,12-13H2,1-3H3. The summed E-state index contributed by atoms with van der Waals surface area (Å²) in [6.07, 6.45) is 0.377. The van der Waals surface area contributed by atoms with Crippen molar-refractivity contribution in [3.63, 3.8) is 0 Å². The van der Waals surface area contributed by atoms with Crippen molar-refractivity contribution >= 4 is 27.7 Å². The molecular weight excluding hydrogens is 360 g/mol. The average molecular weight is 382 g/mol. The Morgan fingerprint density at radius 3 is 2.59 bits per heavy atom. The Balaban J connectivity index is 1.83. The lowest BCUT2D eigenvalue weighted by molar-refractivity contribution is -0.644. The van der Waals surface area contributed by atoms with E-state index in [-0.39, 0.29) is 5.90 Å². The van der Waals surface area contributed by atoms with E-state index in [1.807, 2.05) is 48.8 Å². The summed E-state index contributed by atoms with van der Waals surface area (Å²) in [5.41, 5.74) is 6.78. The van der Waals surface area contributed by atoms with Crippen LogP contribution < -0.4 is 9.78 Å². The number of benzene rings is 3. The van der Waals surface area contributed by atoms with Crippen LogP contribution in [-0.4, -0.2) is 36.4 Å². The molecule has 5 nitrogen and oxygen atoms in total. The Morgan fingerprint density at radius 1 is 1.07 bits per heavy atom. The van der Waals surface area contributed by atoms with Gasteiger partial charge in [-0.05, 0) is 60.3 Å². The molecule has 0 saturated heterocycles. The monoisotopic (exact) mass is 382 g/mol. The minimum atomic E-state index is -0.137. The van der Waals surface area contributed by atoms with Crippen molar-refractivity contribution in [2.75, 3.05) is 20.6 Å². The van der Waals surface area contributed by atoms with E-state index in [1.165, 1.54) is 10.8 Å². The first kappa shape index (κ1) is 17.8. The molecule has 1 aliphatic rings. The maximum atomic E-state index is 12.7. The van der Waals surface area contributed by atoms with E-state index in [4.69, 9.17) is 4.98 Å². The second-order valence-electron chi connectivity index (χ2n) is 7.87. The fraction of sp³-hybridized carbons (Fsp3) is 0.208. The second kappa shape index (κ2) is 6.64. The Hall–Kier alpha value is -3.31. The molecule has 0 atom stereocenters. The number of nitrogens with zero attached hydrogens (tertiary/aromatic N) is 4. The minimum Gasteiger partial charge on any atom is -0.858 e. The Bertz CT molecular complexity index is 1300. The van der Waals surface area contributed by atoms with Gasteiger partial charge in [-0.15, -0.1) is 0 Å². The van der Waals surface area contributed by atoms with Gasteiger partial charge in [0.05, 0.1) is 5.56 Å². The minimum absolute atomic E-state index is 0.137. The van der Waals surface area contributed by atoms with Crippen LogP contribution >= 0.6 is 0 Å². The van der Waals surface area contributed by atoms with E-state index in [1.54, 1.807) is 0 Å². The van der Waals surface area contributed by atoms with Crippen molar-refractivity contribution in [3.8, 4) is 22.5 Å². The molecule has 3 aromatic carbocycles. The van der Waals surface area contributed by atoms with E-state index >= 15 is 0 Å². The van der Waals surface area contributed by atoms with E-state index < -0.39 is 0 Å². The first-order chi connectivity index (χ1) is 14.0. The topological polar surface area (TPSA) is 55.4 Å². The van der Waals surface area contributed by atoms with Crippen LogP contribution in [0.5, 0.6) is 0 Å². The van der Waals surface area contributed by atoms with E-state index in [2.05, 4.69) is 41.5 Å². The van der Waals surface area contributed by atoms with Gasteiger partial charge in [0.2, 0.25) is 0 Å². The normalized spacial score (nSPS) is 12.9. The van der Waals surface area contributed by atoms with Crippen LogP contribution in [0.25, 0.3) is 44.3 Å². The quantitative estimate of drug-likeness (QED) is 0.273. The fourth-order valence-electron chi connectivity index (χ4n) is 4.05. The molecule has 0 fully saturated rings. The molecule has 5 heteroatoms. The first-order valence-corrected chi connectivity index (χ1v) is 9.81. The Kier molecular flexibility index (Phi) is 4.07. The highest BCUT2D eigenvalue weighted by Gasteiger charge is 2.33. The molecule has 0 spiro atoms. The molecule has 0 unspecified atom stereocenters. The van der Waals surface area contributed by atoms with Crippen molar-refractivity contribution < 1.29 is 9.78 Å². The lowest BCUT2D eigenvalue weighted by Gasteiger charge is -2.12. The zero-order chi connectivity index (χ0) is 20.1. The van der Waals surface area contributed by atoms with E-state index in [0.29, 0.717) is 13.0 Å². The molecule has 4 aromatic rings. The zero-order valence-corrected chi connectivity index (χ0v) is 16.8. The summed E-state index contributed by atoms with van der Waals surface area (Å²) in [6.45, 7) is 2.72. The lowest BCUT2D eigenvalue weighted by atomic mass is 10.0. The maximum Gasteiger partial charge on any atom is 0.272 e. The predicted octanol–water partition coefficient (Wildman–Crippen LogP) is 3.10. The fourth-order valence-corrected chi connectivity index (χ4v) is 4.05. The van der Waals surface area contributed by atoms with Gasteiger partial charge in [0.1, 0.15) is 11.2 Å². The van der Waals surface area contributed by atoms with Crippen molar-refractivity contribution in [3.05, 3.63) is 60.2 Å². The SMILES string of the molecule is Cc1ccc2c(c1)nc1c([n+]2/N=C(\[O-])CCN(C)C)-c2cccc3cccc-1c23. The smallest absolute Gasteiger partial charge is 0.272 e. The number of fused-ring (bicyclic) bond motifs is 4. The molecule has 1 aliphatic carbocycles. The van der Waals surface area contributed by atoms with E-state index in [9.17, 15) is 5.11 Å². The highest BCUT2D eigenvalue weighted by Crippen LogP contribution is 2.44. The van der Waals surface area contributed by atoms with Gasteiger partial charge in [-0.25, -0.2) is 4.98 Å². The summed E-state index contributed by atoms with van der Waals surface area (Å²) >= 11 is 0. The lowest BCUT2D eigenvalue weighted by Crippen LogP contribution is -2.38. The van der Waals surface area contributed by atoms with E-state index in [0.717, 1.165) is 39.1 Å². The summed E-state index contributed by atoms with van der Waals surface area (Å²) < 4.78 is 1.81. The summed E-state index contributed by atoms with van der Waals surface area (Å²) in [4.78, 5) is 6.99. The highest BCUT2D eigenvalue weighted by molar-refractivity contribution is 6.13. The van der Waals surface area contributed by atoms with Crippen molar-refractivity contribution in [2.24, 2.45) is 5.10 Å². The van der Waals surface area contributed by atoms with Gasteiger partial charge in [-0.3, -0.25) is 0 Å². The predicted molar refractivity (Wildman–Crippen MR) is 115 cm³/mol. The molecule has 5 rings (SSSR count). The number of aryl methyl sites for hydroxylation is 1. The number of hydrogen-bond donors (Lipinski definition) is 0. The summed E-state index contributed by atoms with van der Waals surface area (Å²) in [5.74, 6) is -0.137. The number of aromatic nitrogens is 2. The third-order valence-corrected chi connectivity index (χ3v) is 5.43. The maximum absolute atomic E-state index is 12.7. The van der Waals surface area contributed by atoms with Crippen LogP contribution in [-0.2, 0) is 0 Å². The van der Waals surface area contributed by atoms with Gasteiger partial charge in [-0.2, -0.15) is 0 Å². The molecular formula is C24H22N4O. The Labute approximate surface area is 169 Å². The second-order valence-corrected chi connectivity index (χ2v) is 7.87. The van der Waals surface area contributed by atoms with Crippen LogP contribution in [0.2, 0.25) is 0 Å². The highest BCUT2D eigenvalue weighted by atomic mass is 16.3. The van der Waals surface area contributed by atoms with Crippen molar-refractivity contribution in [1.29, 1.82) is 0 Å². The zero-order valence-electron chi connectivity index (χ0n) is 16.8. The van der Waals surface area contributed by atoms with Gasteiger partial charge >= 0.3 is 0 Å². The molecule has 0 saturated carbocycles. The molecule has 0 amide bonds. The molecule has 0 bridgehead atoms. The third-order valence-electron chi connectivity index (χ3n) is 5.43. The van der Waals surface area contributed by atoms with Gasteiger partial charge in [0.25, 0.3) is 11.2 Å². The van der Waals surface area contributed by atoms with Gasteiger partial charge in [0.15, 0.2) is 0 Å². The molecule has 0 aliphatic heterocycles. The van der Waals surface area contributed by atoms with Gasteiger partial charge in [0, 0.05) is 29.5 Å². The van der Waals surface area contributed by atoms with Crippen molar-refractivity contribution in [1.82, 2.24) is 9.88 Å². The largest absolute Gasteiger partial charge is 0.858 e. The molecule has 144 valence electrons.